The lowest BCUT2D eigenvalue weighted by molar-refractivity contribution is 0.0136. The fraction of sp³-hybridized carbons (Fsp3) is 0.929. The predicted octanol–water partition coefficient (Wildman–Crippen LogP) is 3.43. The van der Waals surface area contributed by atoms with E-state index in [1.165, 1.54) is 19.3 Å². The second-order valence-electron chi connectivity index (χ2n) is 6.68. The molecular formula is C14H25NO2. The molecule has 1 spiro atoms. The van der Waals surface area contributed by atoms with Gasteiger partial charge in [-0.05, 0) is 51.4 Å². The lowest BCUT2D eigenvalue weighted by Crippen LogP contribution is -2.44. The molecular weight excluding hydrogens is 214 g/mol. The van der Waals surface area contributed by atoms with Gasteiger partial charge >= 0.3 is 6.09 Å². The molecule has 3 nitrogen and oxygen atoms in total. The van der Waals surface area contributed by atoms with Gasteiger partial charge in [-0.25, -0.2) is 4.79 Å². The van der Waals surface area contributed by atoms with Crippen LogP contribution in [0.25, 0.3) is 0 Å². The Balaban J connectivity index is 1.92. The maximum atomic E-state index is 12.0. The van der Waals surface area contributed by atoms with Gasteiger partial charge in [0.05, 0.1) is 0 Å². The molecule has 0 aromatic carbocycles. The van der Waals surface area contributed by atoms with E-state index in [9.17, 15) is 4.79 Å². The molecule has 1 aliphatic heterocycles. The van der Waals surface area contributed by atoms with Crippen LogP contribution < -0.4 is 0 Å². The standard InChI is InChI=1S/C14H25NO2/c1-5-11-9-14(11)7-6-8-15(10-14)12(16)17-13(2,3)4/h11H,5-10H2,1-4H3. The molecule has 1 amide bonds. The summed E-state index contributed by atoms with van der Waals surface area (Å²) in [7, 11) is 0. The normalized spacial score (nSPS) is 32.7. The van der Waals surface area contributed by atoms with Gasteiger partial charge in [0.15, 0.2) is 0 Å². The summed E-state index contributed by atoms with van der Waals surface area (Å²) in [5.41, 5.74) is 0.0688. The van der Waals surface area contributed by atoms with Crippen LogP contribution in [-0.2, 0) is 4.74 Å². The van der Waals surface area contributed by atoms with Crippen LogP contribution >= 0.6 is 0 Å². The molecule has 1 saturated heterocycles. The minimum Gasteiger partial charge on any atom is -0.444 e. The number of hydrogen-bond donors (Lipinski definition) is 0. The lowest BCUT2D eigenvalue weighted by Gasteiger charge is -2.35. The van der Waals surface area contributed by atoms with Crippen LogP contribution in [0.2, 0.25) is 0 Å². The third-order valence-electron chi connectivity index (χ3n) is 4.11. The molecule has 2 atom stereocenters. The Kier molecular flexibility index (Phi) is 3.13. The minimum absolute atomic E-state index is 0.127. The fourth-order valence-electron chi connectivity index (χ4n) is 3.15. The number of likely N-dealkylation sites (tertiary alicyclic amines) is 1. The minimum atomic E-state index is -0.380. The van der Waals surface area contributed by atoms with Crippen molar-refractivity contribution >= 4 is 6.09 Å². The summed E-state index contributed by atoms with van der Waals surface area (Å²) >= 11 is 0. The Morgan fingerprint density at radius 1 is 1.47 bits per heavy atom. The van der Waals surface area contributed by atoms with E-state index in [1.54, 1.807) is 0 Å². The van der Waals surface area contributed by atoms with Gasteiger partial charge in [0.2, 0.25) is 0 Å². The molecule has 1 saturated carbocycles. The number of ether oxygens (including phenoxy) is 1. The van der Waals surface area contributed by atoms with Crippen LogP contribution in [0.5, 0.6) is 0 Å². The Labute approximate surface area is 105 Å². The maximum absolute atomic E-state index is 12.0. The van der Waals surface area contributed by atoms with Gasteiger partial charge in [-0.15, -0.1) is 0 Å². The first-order valence-electron chi connectivity index (χ1n) is 6.84. The van der Waals surface area contributed by atoms with Crippen LogP contribution in [0.1, 0.15) is 53.4 Å². The molecule has 0 bridgehead atoms. The van der Waals surface area contributed by atoms with Crippen molar-refractivity contribution in [3.63, 3.8) is 0 Å². The van der Waals surface area contributed by atoms with Gasteiger partial charge < -0.3 is 9.64 Å². The molecule has 0 radical (unpaired) electrons. The number of piperidine rings is 1. The molecule has 0 N–H and O–H groups in total. The van der Waals surface area contributed by atoms with E-state index in [2.05, 4.69) is 6.92 Å². The highest BCUT2D eigenvalue weighted by atomic mass is 16.6. The second kappa shape index (κ2) is 4.18. The molecule has 98 valence electrons. The highest BCUT2D eigenvalue weighted by Gasteiger charge is 2.55. The predicted molar refractivity (Wildman–Crippen MR) is 67.9 cm³/mol. The molecule has 2 unspecified atom stereocenters. The smallest absolute Gasteiger partial charge is 0.410 e. The summed E-state index contributed by atoms with van der Waals surface area (Å²) in [6.07, 6.45) is 4.87. The zero-order valence-corrected chi connectivity index (χ0v) is 11.6. The molecule has 1 heterocycles. The molecule has 0 aromatic rings. The van der Waals surface area contributed by atoms with Crippen molar-refractivity contribution in [2.24, 2.45) is 11.3 Å². The van der Waals surface area contributed by atoms with E-state index < -0.39 is 0 Å². The first-order chi connectivity index (χ1) is 7.86. The van der Waals surface area contributed by atoms with Crippen LogP contribution in [0.15, 0.2) is 0 Å². The lowest BCUT2D eigenvalue weighted by atomic mass is 9.92. The number of hydrogen-bond acceptors (Lipinski definition) is 2. The Bertz CT molecular complexity index is 308. The van der Waals surface area contributed by atoms with E-state index in [1.807, 2.05) is 25.7 Å². The van der Waals surface area contributed by atoms with Crippen molar-refractivity contribution in [1.82, 2.24) is 4.90 Å². The second-order valence-corrected chi connectivity index (χ2v) is 6.68. The SMILES string of the molecule is CCC1CC12CCCN(C(=O)OC(C)(C)C)C2. The topological polar surface area (TPSA) is 29.5 Å². The zero-order chi connectivity index (χ0) is 12.7. The molecule has 2 aliphatic rings. The van der Waals surface area contributed by atoms with E-state index in [-0.39, 0.29) is 11.7 Å². The molecule has 17 heavy (non-hydrogen) atoms. The van der Waals surface area contributed by atoms with Crippen LogP contribution in [0.4, 0.5) is 4.79 Å². The molecule has 0 aromatic heterocycles. The summed E-state index contributed by atoms with van der Waals surface area (Å²) in [6, 6.07) is 0. The van der Waals surface area contributed by atoms with Gasteiger partial charge in [-0.2, -0.15) is 0 Å². The van der Waals surface area contributed by atoms with Gasteiger partial charge in [0.1, 0.15) is 5.60 Å². The van der Waals surface area contributed by atoms with Gasteiger partial charge in [0.25, 0.3) is 0 Å². The molecule has 1 aliphatic carbocycles. The first-order valence-corrected chi connectivity index (χ1v) is 6.84. The van der Waals surface area contributed by atoms with Crippen molar-refractivity contribution in [1.29, 1.82) is 0 Å². The summed E-state index contributed by atoms with van der Waals surface area (Å²) in [5.74, 6) is 0.840. The number of rotatable bonds is 1. The van der Waals surface area contributed by atoms with Crippen LogP contribution in [-0.4, -0.2) is 29.7 Å². The van der Waals surface area contributed by atoms with E-state index in [0.29, 0.717) is 5.41 Å². The zero-order valence-electron chi connectivity index (χ0n) is 11.6. The number of nitrogens with zero attached hydrogens (tertiary/aromatic N) is 1. The van der Waals surface area contributed by atoms with E-state index in [0.717, 1.165) is 25.4 Å². The third-order valence-corrected chi connectivity index (χ3v) is 4.11. The highest BCUT2D eigenvalue weighted by Crippen LogP contribution is 2.59. The maximum Gasteiger partial charge on any atom is 0.410 e. The molecule has 2 fully saturated rings. The molecule has 2 rings (SSSR count). The highest BCUT2D eigenvalue weighted by molar-refractivity contribution is 5.68. The average Bonchev–Trinajstić information content (AvgIpc) is 2.88. The summed E-state index contributed by atoms with van der Waals surface area (Å²) < 4.78 is 5.45. The monoisotopic (exact) mass is 239 g/mol. The van der Waals surface area contributed by atoms with Gasteiger partial charge in [-0.1, -0.05) is 13.3 Å². The van der Waals surface area contributed by atoms with Crippen molar-refractivity contribution < 1.29 is 9.53 Å². The quantitative estimate of drug-likeness (QED) is 0.701. The van der Waals surface area contributed by atoms with Gasteiger partial charge in [0, 0.05) is 13.1 Å². The Hall–Kier alpha value is -0.730. The number of amides is 1. The van der Waals surface area contributed by atoms with Crippen LogP contribution in [0.3, 0.4) is 0 Å². The van der Waals surface area contributed by atoms with Crippen molar-refractivity contribution in [3.05, 3.63) is 0 Å². The van der Waals surface area contributed by atoms with Crippen molar-refractivity contribution in [2.45, 2.75) is 59.0 Å². The van der Waals surface area contributed by atoms with Crippen molar-refractivity contribution in [2.75, 3.05) is 13.1 Å². The number of carbonyl (C=O) groups excluding carboxylic acids is 1. The Morgan fingerprint density at radius 2 is 2.18 bits per heavy atom. The summed E-state index contributed by atoms with van der Waals surface area (Å²) in [4.78, 5) is 13.9. The molecule has 3 heteroatoms. The van der Waals surface area contributed by atoms with Gasteiger partial charge in [-0.3, -0.25) is 0 Å². The number of carbonyl (C=O) groups is 1. The van der Waals surface area contributed by atoms with E-state index in [4.69, 9.17) is 4.74 Å². The van der Waals surface area contributed by atoms with Crippen molar-refractivity contribution in [3.8, 4) is 0 Å². The Morgan fingerprint density at radius 3 is 2.71 bits per heavy atom. The van der Waals surface area contributed by atoms with Crippen LogP contribution in [0, 0.1) is 11.3 Å². The first kappa shape index (κ1) is 12.7. The average molecular weight is 239 g/mol. The van der Waals surface area contributed by atoms with E-state index >= 15 is 0 Å². The third kappa shape index (κ3) is 2.75. The largest absolute Gasteiger partial charge is 0.444 e. The summed E-state index contributed by atoms with van der Waals surface area (Å²) in [5, 5.41) is 0. The summed E-state index contributed by atoms with van der Waals surface area (Å²) in [6.45, 7) is 9.82. The fourth-order valence-corrected chi connectivity index (χ4v) is 3.15.